The molecule has 0 aliphatic carbocycles. The Bertz CT molecular complexity index is 595. The number of carboxylic acid groups (broad SMARTS) is 1. The number of fused-ring (bicyclic) bond motifs is 1. The van der Waals surface area contributed by atoms with Crippen molar-refractivity contribution in [2.45, 2.75) is 31.8 Å². The Morgan fingerprint density at radius 3 is 2.87 bits per heavy atom. The Balaban J connectivity index is 1.76. The van der Waals surface area contributed by atoms with Crippen molar-refractivity contribution in [1.82, 2.24) is 19.8 Å². The van der Waals surface area contributed by atoms with Gasteiger partial charge in [-0.3, -0.25) is 0 Å². The predicted octanol–water partition coefficient (Wildman–Crippen LogP) is 0.994. The number of ether oxygens (including phenoxy) is 2. The fraction of sp³-hybridized carbons (Fsp3) is 0.667. The number of likely N-dealkylation sites (N-methyl/N-ethyl adjacent to an activating group) is 1. The van der Waals surface area contributed by atoms with Gasteiger partial charge in [0.05, 0.1) is 19.3 Å². The van der Waals surface area contributed by atoms with Gasteiger partial charge in [0, 0.05) is 18.2 Å². The van der Waals surface area contributed by atoms with Crippen LogP contribution in [0, 0.1) is 0 Å². The van der Waals surface area contributed by atoms with Gasteiger partial charge in [-0.15, -0.1) is 0 Å². The molecule has 8 heteroatoms. The number of likely N-dealkylation sites (tertiary alicyclic amines) is 1. The van der Waals surface area contributed by atoms with E-state index in [-0.39, 0.29) is 12.6 Å². The summed E-state index contributed by atoms with van der Waals surface area (Å²) in [7, 11) is 3.64. The standard InChI is InChI=1S/C15H22N4O4/c1-18-6-3-4-10(18)9-23-14-16-12-8-19(15(20)21)7-5-11(12)13(17-14)22-2/h10H,3-9H2,1-2H3,(H,20,21)/t10-/m0/s1. The van der Waals surface area contributed by atoms with Crippen LogP contribution in [0.25, 0.3) is 0 Å². The van der Waals surface area contributed by atoms with E-state index >= 15 is 0 Å². The first-order chi connectivity index (χ1) is 11.1. The lowest BCUT2D eigenvalue weighted by atomic mass is 10.1. The van der Waals surface area contributed by atoms with Crippen molar-refractivity contribution in [2.24, 2.45) is 0 Å². The molecule has 1 saturated heterocycles. The topological polar surface area (TPSA) is 88.0 Å². The van der Waals surface area contributed by atoms with E-state index < -0.39 is 6.09 Å². The van der Waals surface area contributed by atoms with Gasteiger partial charge in [0.25, 0.3) is 0 Å². The first kappa shape index (κ1) is 15.8. The molecule has 1 aromatic rings. The van der Waals surface area contributed by atoms with E-state index in [9.17, 15) is 4.79 Å². The average Bonchev–Trinajstić information content (AvgIpc) is 2.96. The van der Waals surface area contributed by atoms with Gasteiger partial charge in [-0.25, -0.2) is 4.79 Å². The largest absolute Gasteiger partial charge is 0.481 e. The highest BCUT2D eigenvalue weighted by atomic mass is 16.5. The Morgan fingerprint density at radius 2 is 2.22 bits per heavy atom. The third-order valence-electron chi connectivity index (χ3n) is 4.55. The Labute approximate surface area is 135 Å². The molecule has 2 aliphatic rings. The van der Waals surface area contributed by atoms with Gasteiger partial charge in [0.15, 0.2) is 0 Å². The first-order valence-corrected chi connectivity index (χ1v) is 7.83. The third-order valence-corrected chi connectivity index (χ3v) is 4.55. The molecule has 2 aliphatic heterocycles. The summed E-state index contributed by atoms with van der Waals surface area (Å²) in [6.45, 7) is 2.27. The van der Waals surface area contributed by atoms with Crippen LogP contribution >= 0.6 is 0 Å². The molecule has 3 heterocycles. The van der Waals surface area contributed by atoms with Crippen molar-refractivity contribution in [3.8, 4) is 11.9 Å². The van der Waals surface area contributed by atoms with E-state index in [0.717, 1.165) is 18.5 Å². The van der Waals surface area contributed by atoms with Crippen LogP contribution in [0.3, 0.4) is 0 Å². The summed E-state index contributed by atoms with van der Waals surface area (Å²) in [6.07, 6.45) is 1.89. The number of hydrogen-bond donors (Lipinski definition) is 1. The number of hydrogen-bond acceptors (Lipinski definition) is 6. The maximum absolute atomic E-state index is 11.2. The van der Waals surface area contributed by atoms with E-state index in [1.807, 2.05) is 0 Å². The van der Waals surface area contributed by atoms with Crippen LogP contribution in [0.5, 0.6) is 11.9 Å². The molecule has 1 amide bonds. The second kappa shape index (κ2) is 6.57. The SMILES string of the molecule is COc1nc(OC[C@@H]2CCCN2C)nc2c1CCN(C(=O)O)C2. The number of aromatic nitrogens is 2. The van der Waals surface area contributed by atoms with Crippen molar-refractivity contribution >= 4 is 6.09 Å². The molecule has 0 unspecified atom stereocenters. The van der Waals surface area contributed by atoms with E-state index in [0.29, 0.717) is 37.2 Å². The maximum atomic E-state index is 11.2. The Morgan fingerprint density at radius 1 is 1.39 bits per heavy atom. The molecule has 8 nitrogen and oxygen atoms in total. The van der Waals surface area contributed by atoms with Crippen LogP contribution in [-0.4, -0.2) is 70.9 Å². The van der Waals surface area contributed by atoms with Gasteiger partial charge in [-0.2, -0.15) is 9.97 Å². The van der Waals surface area contributed by atoms with E-state index in [4.69, 9.17) is 14.6 Å². The minimum atomic E-state index is -0.941. The molecule has 0 bridgehead atoms. The Hall–Kier alpha value is -2.09. The summed E-state index contributed by atoms with van der Waals surface area (Å²) in [5.74, 6) is 0.481. The van der Waals surface area contributed by atoms with Gasteiger partial charge >= 0.3 is 12.1 Å². The second-order valence-electron chi connectivity index (χ2n) is 5.98. The predicted molar refractivity (Wildman–Crippen MR) is 81.9 cm³/mol. The fourth-order valence-corrected chi connectivity index (χ4v) is 3.13. The molecular formula is C15H22N4O4. The molecular weight excluding hydrogens is 300 g/mol. The molecule has 23 heavy (non-hydrogen) atoms. The Kier molecular flexibility index (Phi) is 4.51. The summed E-state index contributed by atoms with van der Waals surface area (Å²) in [6, 6.07) is 0.629. The second-order valence-corrected chi connectivity index (χ2v) is 5.98. The molecule has 0 aromatic carbocycles. The van der Waals surface area contributed by atoms with Gasteiger partial charge in [-0.05, 0) is 32.9 Å². The highest BCUT2D eigenvalue weighted by Crippen LogP contribution is 2.27. The molecule has 0 spiro atoms. The molecule has 1 fully saturated rings. The lowest BCUT2D eigenvalue weighted by Gasteiger charge is -2.26. The van der Waals surface area contributed by atoms with Crippen molar-refractivity contribution < 1.29 is 19.4 Å². The van der Waals surface area contributed by atoms with Crippen molar-refractivity contribution in [1.29, 1.82) is 0 Å². The van der Waals surface area contributed by atoms with Crippen LogP contribution in [0.4, 0.5) is 4.79 Å². The van der Waals surface area contributed by atoms with E-state index in [2.05, 4.69) is 21.9 Å². The van der Waals surface area contributed by atoms with Crippen molar-refractivity contribution in [2.75, 3.05) is 33.9 Å². The number of methoxy groups -OCH3 is 1. The zero-order valence-electron chi connectivity index (χ0n) is 13.5. The quantitative estimate of drug-likeness (QED) is 0.884. The highest BCUT2D eigenvalue weighted by Gasteiger charge is 2.27. The number of amides is 1. The summed E-state index contributed by atoms with van der Waals surface area (Å²) in [4.78, 5) is 23.5. The third kappa shape index (κ3) is 3.31. The average molecular weight is 322 g/mol. The van der Waals surface area contributed by atoms with Gasteiger partial charge in [0.2, 0.25) is 5.88 Å². The van der Waals surface area contributed by atoms with Gasteiger partial charge in [0.1, 0.15) is 6.61 Å². The summed E-state index contributed by atoms with van der Waals surface area (Å²) in [5.41, 5.74) is 1.54. The van der Waals surface area contributed by atoms with Crippen LogP contribution in [0.1, 0.15) is 24.1 Å². The van der Waals surface area contributed by atoms with E-state index in [1.165, 1.54) is 11.3 Å². The van der Waals surface area contributed by atoms with Crippen molar-refractivity contribution in [3.05, 3.63) is 11.3 Å². The highest BCUT2D eigenvalue weighted by molar-refractivity contribution is 5.65. The van der Waals surface area contributed by atoms with Crippen LogP contribution < -0.4 is 9.47 Å². The van der Waals surface area contributed by atoms with Gasteiger partial charge in [-0.1, -0.05) is 0 Å². The lowest BCUT2D eigenvalue weighted by Crippen LogP contribution is -2.36. The smallest absolute Gasteiger partial charge is 0.407 e. The number of rotatable bonds is 4. The normalized spacial score (nSPS) is 21.1. The zero-order valence-corrected chi connectivity index (χ0v) is 13.5. The van der Waals surface area contributed by atoms with Gasteiger partial charge < -0.3 is 24.4 Å². The molecule has 3 rings (SSSR count). The van der Waals surface area contributed by atoms with Crippen LogP contribution in [0.2, 0.25) is 0 Å². The summed E-state index contributed by atoms with van der Waals surface area (Å²) in [5, 5.41) is 9.15. The van der Waals surface area contributed by atoms with Crippen LogP contribution in [0.15, 0.2) is 0 Å². The molecule has 1 aromatic heterocycles. The summed E-state index contributed by atoms with van der Waals surface area (Å²) >= 11 is 0. The van der Waals surface area contributed by atoms with E-state index in [1.54, 1.807) is 7.11 Å². The minimum absolute atomic E-state index is 0.239. The number of carbonyl (C=O) groups is 1. The fourth-order valence-electron chi connectivity index (χ4n) is 3.13. The molecule has 0 radical (unpaired) electrons. The lowest BCUT2D eigenvalue weighted by molar-refractivity contribution is 0.137. The zero-order chi connectivity index (χ0) is 16.4. The molecule has 1 atom stereocenters. The molecule has 126 valence electrons. The minimum Gasteiger partial charge on any atom is -0.481 e. The van der Waals surface area contributed by atoms with Crippen molar-refractivity contribution in [3.63, 3.8) is 0 Å². The molecule has 1 N–H and O–H groups in total. The number of nitrogens with zero attached hydrogens (tertiary/aromatic N) is 4. The summed E-state index contributed by atoms with van der Waals surface area (Å²) < 4.78 is 11.1. The monoisotopic (exact) mass is 322 g/mol. The van der Waals surface area contributed by atoms with Crippen LogP contribution in [-0.2, 0) is 13.0 Å². The molecule has 0 saturated carbocycles. The first-order valence-electron chi connectivity index (χ1n) is 7.83. The maximum Gasteiger partial charge on any atom is 0.407 e.